The van der Waals surface area contributed by atoms with Crippen LogP contribution < -0.4 is 5.32 Å². The van der Waals surface area contributed by atoms with Crippen molar-refractivity contribution >= 4 is 17.9 Å². The predicted molar refractivity (Wildman–Crippen MR) is 84.3 cm³/mol. The van der Waals surface area contributed by atoms with E-state index >= 15 is 0 Å². The minimum absolute atomic E-state index is 0.0910. The van der Waals surface area contributed by atoms with Crippen LogP contribution in [0, 0.1) is 0 Å². The molecule has 0 aliphatic carbocycles. The van der Waals surface area contributed by atoms with Gasteiger partial charge in [-0.2, -0.15) is 0 Å². The highest BCUT2D eigenvalue weighted by molar-refractivity contribution is 6.02. The number of imide groups is 1. The lowest BCUT2D eigenvalue weighted by Gasteiger charge is -2.34. The molecule has 1 unspecified atom stereocenters. The minimum atomic E-state index is -0.668. The Morgan fingerprint density at radius 2 is 1.91 bits per heavy atom. The molecule has 23 heavy (non-hydrogen) atoms. The summed E-state index contributed by atoms with van der Waals surface area (Å²) in [5.41, 5.74) is 1.53. The number of hydrogen-bond acceptors (Lipinski definition) is 4. The zero-order chi connectivity index (χ0) is 17.0. The maximum atomic E-state index is 12.5. The highest BCUT2D eigenvalue weighted by Gasteiger charge is 2.37. The number of hydrogen-bond donors (Lipinski definition) is 1. The summed E-state index contributed by atoms with van der Waals surface area (Å²) in [5.74, 6) is -0.884. The van der Waals surface area contributed by atoms with Crippen LogP contribution in [0.15, 0.2) is 41.6 Å². The van der Waals surface area contributed by atoms with Crippen LogP contribution in [-0.2, 0) is 20.7 Å². The van der Waals surface area contributed by atoms with Gasteiger partial charge in [-0.3, -0.25) is 9.69 Å². The number of esters is 1. The Morgan fingerprint density at radius 1 is 1.26 bits per heavy atom. The van der Waals surface area contributed by atoms with Gasteiger partial charge >= 0.3 is 12.0 Å². The van der Waals surface area contributed by atoms with E-state index < -0.39 is 18.0 Å². The van der Waals surface area contributed by atoms with Gasteiger partial charge in [0.2, 0.25) is 5.91 Å². The molecule has 0 saturated carbocycles. The zero-order valence-electron chi connectivity index (χ0n) is 13.5. The molecule has 122 valence electrons. The molecule has 1 heterocycles. The van der Waals surface area contributed by atoms with E-state index in [4.69, 9.17) is 4.74 Å². The van der Waals surface area contributed by atoms with Crippen molar-refractivity contribution in [2.75, 3.05) is 6.61 Å². The minimum Gasteiger partial charge on any atom is -0.463 e. The SMILES string of the molecule is CCOC(=O)C1=C(C)NC(=O)N(C(=O)Cc2ccccc2)C1C. The Morgan fingerprint density at radius 3 is 2.52 bits per heavy atom. The number of carbonyl (C=O) groups excluding carboxylic acids is 3. The van der Waals surface area contributed by atoms with Gasteiger partial charge in [0.05, 0.1) is 24.6 Å². The van der Waals surface area contributed by atoms with E-state index in [1.54, 1.807) is 20.8 Å². The molecule has 0 saturated heterocycles. The van der Waals surface area contributed by atoms with Crippen molar-refractivity contribution in [3.8, 4) is 0 Å². The summed E-state index contributed by atoms with van der Waals surface area (Å²) in [4.78, 5) is 37.9. The number of ether oxygens (including phenoxy) is 1. The standard InChI is InChI=1S/C17H20N2O4/c1-4-23-16(21)15-11(2)18-17(22)19(12(15)3)14(20)10-13-8-6-5-7-9-13/h5-9,12H,4,10H2,1-3H3,(H,18,22). The summed E-state index contributed by atoms with van der Waals surface area (Å²) in [5, 5.41) is 2.56. The maximum Gasteiger partial charge on any atom is 0.337 e. The predicted octanol–water partition coefficient (Wildman–Crippen LogP) is 2.01. The number of benzene rings is 1. The smallest absolute Gasteiger partial charge is 0.337 e. The molecule has 1 aliphatic heterocycles. The van der Waals surface area contributed by atoms with Crippen molar-refractivity contribution in [3.05, 3.63) is 47.2 Å². The van der Waals surface area contributed by atoms with Crippen molar-refractivity contribution in [3.63, 3.8) is 0 Å². The summed E-state index contributed by atoms with van der Waals surface area (Å²) in [7, 11) is 0. The number of urea groups is 1. The average Bonchev–Trinajstić information content (AvgIpc) is 2.47. The lowest BCUT2D eigenvalue weighted by molar-refractivity contribution is -0.139. The van der Waals surface area contributed by atoms with Crippen LogP contribution in [0.1, 0.15) is 26.3 Å². The third kappa shape index (κ3) is 3.59. The molecule has 6 nitrogen and oxygen atoms in total. The first-order valence-corrected chi connectivity index (χ1v) is 7.50. The van der Waals surface area contributed by atoms with Gasteiger partial charge in [0, 0.05) is 5.70 Å². The fourth-order valence-corrected chi connectivity index (χ4v) is 2.62. The van der Waals surface area contributed by atoms with E-state index in [0.29, 0.717) is 11.3 Å². The second-order valence-electron chi connectivity index (χ2n) is 5.29. The Labute approximate surface area is 135 Å². The number of amides is 3. The largest absolute Gasteiger partial charge is 0.463 e. The summed E-state index contributed by atoms with van der Waals surface area (Å²) >= 11 is 0. The molecule has 2 rings (SSSR count). The van der Waals surface area contributed by atoms with Crippen LogP contribution in [-0.4, -0.2) is 35.5 Å². The van der Waals surface area contributed by atoms with Gasteiger partial charge in [0.25, 0.3) is 0 Å². The highest BCUT2D eigenvalue weighted by Crippen LogP contribution is 2.22. The Kier molecular flexibility index (Phi) is 5.16. The normalized spacial score (nSPS) is 17.8. The van der Waals surface area contributed by atoms with Crippen LogP contribution in [0.2, 0.25) is 0 Å². The maximum absolute atomic E-state index is 12.5. The van der Waals surface area contributed by atoms with Crippen molar-refractivity contribution in [2.24, 2.45) is 0 Å². The first-order chi connectivity index (χ1) is 11.0. The van der Waals surface area contributed by atoms with Gasteiger partial charge in [0.1, 0.15) is 0 Å². The van der Waals surface area contributed by atoms with Crippen molar-refractivity contribution in [2.45, 2.75) is 33.2 Å². The van der Waals surface area contributed by atoms with Gasteiger partial charge in [-0.1, -0.05) is 30.3 Å². The van der Waals surface area contributed by atoms with E-state index in [9.17, 15) is 14.4 Å². The van der Waals surface area contributed by atoms with Gasteiger partial charge in [-0.05, 0) is 26.3 Å². The molecule has 1 aliphatic rings. The molecule has 6 heteroatoms. The van der Waals surface area contributed by atoms with Gasteiger partial charge in [-0.25, -0.2) is 9.59 Å². The van der Waals surface area contributed by atoms with Crippen LogP contribution in [0.4, 0.5) is 4.79 Å². The quantitative estimate of drug-likeness (QED) is 0.862. The van der Waals surface area contributed by atoms with Crippen molar-refractivity contribution in [1.29, 1.82) is 0 Å². The van der Waals surface area contributed by atoms with Crippen LogP contribution in [0.3, 0.4) is 0 Å². The molecule has 1 atom stereocenters. The summed E-state index contributed by atoms with van der Waals surface area (Å²) in [6, 6.07) is 7.96. The monoisotopic (exact) mass is 316 g/mol. The zero-order valence-corrected chi connectivity index (χ0v) is 13.5. The van der Waals surface area contributed by atoms with Gasteiger partial charge in [0.15, 0.2) is 0 Å². The second-order valence-corrected chi connectivity index (χ2v) is 5.29. The van der Waals surface area contributed by atoms with Crippen LogP contribution >= 0.6 is 0 Å². The fraction of sp³-hybridized carbons (Fsp3) is 0.353. The number of rotatable bonds is 4. The molecular weight excluding hydrogens is 296 g/mol. The van der Waals surface area contributed by atoms with E-state index in [-0.39, 0.29) is 18.9 Å². The summed E-state index contributed by atoms with van der Waals surface area (Å²) < 4.78 is 5.02. The topological polar surface area (TPSA) is 75.7 Å². The van der Waals surface area contributed by atoms with E-state index in [2.05, 4.69) is 5.32 Å². The lowest BCUT2D eigenvalue weighted by atomic mass is 10.0. The van der Waals surface area contributed by atoms with Gasteiger partial charge in [-0.15, -0.1) is 0 Å². The average molecular weight is 316 g/mol. The van der Waals surface area contributed by atoms with Gasteiger partial charge < -0.3 is 10.1 Å². The molecule has 3 amide bonds. The second kappa shape index (κ2) is 7.09. The first kappa shape index (κ1) is 16.7. The summed E-state index contributed by atoms with van der Waals surface area (Å²) in [6.45, 7) is 5.21. The lowest BCUT2D eigenvalue weighted by Crippen LogP contribution is -2.54. The van der Waals surface area contributed by atoms with Crippen molar-refractivity contribution in [1.82, 2.24) is 10.2 Å². The van der Waals surface area contributed by atoms with Crippen LogP contribution in [0.25, 0.3) is 0 Å². The Bertz CT molecular complexity index is 652. The first-order valence-electron chi connectivity index (χ1n) is 7.50. The molecule has 1 aromatic rings. The third-order valence-electron chi connectivity index (χ3n) is 3.68. The van der Waals surface area contributed by atoms with Crippen LogP contribution in [0.5, 0.6) is 0 Å². The molecule has 0 radical (unpaired) electrons. The number of nitrogens with zero attached hydrogens (tertiary/aromatic N) is 1. The molecular formula is C17H20N2O4. The number of allylic oxidation sites excluding steroid dienone is 1. The molecule has 0 fully saturated rings. The molecule has 0 aromatic heterocycles. The highest BCUT2D eigenvalue weighted by atomic mass is 16.5. The third-order valence-corrected chi connectivity index (χ3v) is 3.68. The molecule has 0 bridgehead atoms. The van der Waals surface area contributed by atoms with E-state index in [1.165, 1.54) is 0 Å². The van der Waals surface area contributed by atoms with E-state index in [1.807, 2.05) is 30.3 Å². The number of nitrogens with one attached hydrogen (secondary N) is 1. The Balaban J connectivity index is 2.23. The summed E-state index contributed by atoms with van der Waals surface area (Å²) in [6.07, 6.45) is 0.0910. The molecule has 1 N–H and O–H groups in total. The molecule has 0 spiro atoms. The van der Waals surface area contributed by atoms with Crippen molar-refractivity contribution < 1.29 is 19.1 Å². The number of carbonyl (C=O) groups is 3. The molecule has 1 aromatic carbocycles. The Hall–Kier alpha value is -2.63. The fourth-order valence-electron chi connectivity index (χ4n) is 2.62. The van der Waals surface area contributed by atoms with E-state index in [0.717, 1.165) is 10.5 Å².